The summed E-state index contributed by atoms with van der Waals surface area (Å²) in [4.78, 5) is 26.1. The van der Waals surface area contributed by atoms with E-state index in [0.717, 1.165) is 19.4 Å². The van der Waals surface area contributed by atoms with Crippen LogP contribution in [0, 0.1) is 0 Å². The van der Waals surface area contributed by atoms with Crippen LogP contribution in [-0.4, -0.2) is 42.4 Å². The first-order valence-electron chi connectivity index (χ1n) is 7.81. The van der Waals surface area contributed by atoms with Gasteiger partial charge in [0.25, 0.3) is 5.91 Å². The van der Waals surface area contributed by atoms with Crippen molar-refractivity contribution >= 4 is 17.5 Å². The summed E-state index contributed by atoms with van der Waals surface area (Å²) in [5, 5.41) is 6.03. The first kappa shape index (κ1) is 17.0. The Balaban J connectivity index is 2.00. The third-order valence-electron chi connectivity index (χ3n) is 3.76. The summed E-state index contributed by atoms with van der Waals surface area (Å²) in [6.07, 6.45) is 5.25. The van der Waals surface area contributed by atoms with E-state index in [9.17, 15) is 9.59 Å². The molecule has 5 heteroatoms. The van der Waals surface area contributed by atoms with E-state index in [4.69, 9.17) is 0 Å². The summed E-state index contributed by atoms with van der Waals surface area (Å²) in [6, 6.07) is 6.82. The van der Waals surface area contributed by atoms with E-state index in [1.165, 1.54) is 0 Å². The quantitative estimate of drug-likeness (QED) is 0.759. The average Bonchev–Trinajstić information content (AvgIpc) is 3.09. The Hall–Kier alpha value is -2.40. The molecule has 1 saturated heterocycles. The van der Waals surface area contributed by atoms with E-state index >= 15 is 0 Å². The van der Waals surface area contributed by atoms with E-state index in [0.29, 0.717) is 24.3 Å². The Kier molecular flexibility index (Phi) is 6.11. The SMILES string of the molecule is C=CCN(CC=C)C(=O)c1ccc(NC(=O)C2CCCN2)cc1. The lowest BCUT2D eigenvalue weighted by Crippen LogP contribution is -2.35. The fraction of sp³-hybridized carbons (Fsp3) is 0.333. The monoisotopic (exact) mass is 313 g/mol. The predicted octanol–water partition coefficient (Wildman–Crippen LogP) is 2.19. The molecule has 1 atom stereocenters. The molecule has 0 saturated carbocycles. The molecule has 0 bridgehead atoms. The fourth-order valence-corrected chi connectivity index (χ4v) is 2.57. The minimum absolute atomic E-state index is 0.0264. The maximum absolute atomic E-state index is 12.4. The largest absolute Gasteiger partial charge is 0.331 e. The van der Waals surface area contributed by atoms with Crippen LogP contribution in [0.2, 0.25) is 0 Å². The Bertz CT molecular complexity index is 564. The van der Waals surface area contributed by atoms with Gasteiger partial charge in [-0.05, 0) is 43.7 Å². The van der Waals surface area contributed by atoms with Crippen molar-refractivity contribution in [3.05, 3.63) is 55.1 Å². The zero-order valence-corrected chi connectivity index (χ0v) is 13.3. The second-order valence-electron chi connectivity index (χ2n) is 5.50. The van der Waals surface area contributed by atoms with Gasteiger partial charge in [0.15, 0.2) is 0 Å². The van der Waals surface area contributed by atoms with Crippen molar-refractivity contribution < 1.29 is 9.59 Å². The molecular weight excluding hydrogens is 290 g/mol. The van der Waals surface area contributed by atoms with Gasteiger partial charge in [0.1, 0.15) is 0 Å². The van der Waals surface area contributed by atoms with Gasteiger partial charge in [-0.3, -0.25) is 9.59 Å². The lowest BCUT2D eigenvalue weighted by Gasteiger charge is -2.19. The average molecular weight is 313 g/mol. The van der Waals surface area contributed by atoms with Crippen LogP contribution in [0.1, 0.15) is 23.2 Å². The van der Waals surface area contributed by atoms with Crippen LogP contribution in [0.5, 0.6) is 0 Å². The van der Waals surface area contributed by atoms with E-state index in [-0.39, 0.29) is 17.9 Å². The summed E-state index contributed by atoms with van der Waals surface area (Å²) in [5.74, 6) is -0.110. The molecule has 23 heavy (non-hydrogen) atoms. The highest BCUT2D eigenvalue weighted by molar-refractivity contribution is 5.97. The summed E-state index contributed by atoms with van der Waals surface area (Å²) >= 11 is 0. The van der Waals surface area contributed by atoms with Gasteiger partial charge in [-0.1, -0.05) is 12.2 Å². The van der Waals surface area contributed by atoms with Crippen molar-refractivity contribution in [3.63, 3.8) is 0 Å². The number of carbonyl (C=O) groups excluding carboxylic acids is 2. The van der Waals surface area contributed by atoms with Gasteiger partial charge in [-0.25, -0.2) is 0 Å². The molecule has 1 aromatic rings. The molecule has 1 aliphatic heterocycles. The Morgan fingerprint density at radius 3 is 2.39 bits per heavy atom. The highest BCUT2D eigenvalue weighted by atomic mass is 16.2. The number of amides is 2. The lowest BCUT2D eigenvalue weighted by molar-refractivity contribution is -0.117. The van der Waals surface area contributed by atoms with Crippen LogP contribution >= 0.6 is 0 Å². The third kappa shape index (κ3) is 4.53. The van der Waals surface area contributed by atoms with Crippen molar-refractivity contribution in [1.29, 1.82) is 0 Å². The van der Waals surface area contributed by atoms with Gasteiger partial charge in [0.05, 0.1) is 6.04 Å². The number of nitrogens with one attached hydrogen (secondary N) is 2. The van der Waals surface area contributed by atoms with Gasteiger partial charge >= 0.3 is 0 Å². The Labute approximate surface area is 137 Å². The number of rotatable bonds is 7. The second-order valence-corrected chi connectivity index (χ2v) is 5.50. The number of anilines is 1. The van der Waals surface area contributed by atoms with E-state index < -0.39 is 0 Å². The third-order valence-corrected chi connectivity index (χ3v) is 3.76. The smallest absolute Gasteiger partial charge is 0.254 e. The number of carbonyl (C=O) groups is 2. The van der Waals surface area contributed by atoms with E-state index in [2.05, 4.69) is 23.8 Å². The molecule has 1 aliphatic rings. The van der Waals surface area contributed by atoms with Gasteiger partial charge in [0.2, 0.25) is 5.91 Å². The van der Waals surface area contributed by atoms with Gasteiger partial charge < -0.3 is 15.5 Å². The van der Waals surface area contributed by atoms with Crippen molar-refractivity contribution in [2.75, 3.05) is 25.0 Å². The molecule has 0 aromatic heterocycles. The van der Waals surface area contributed by atoms with Crippen LogP contribution in [-0.2, 0) is 4.79 Å². The molecule has 2 amide bonds. The maximum Gasteiger partial charge on any atom is 0.254 e. The molecular formula is C18H23N3O2. The molecule has 2 rings (SSSR count). The maximum atomic E-state index is 12.4. The van der Waals surface area contributed by atoms with Crippen molar-refractivity contribution in [1.82, 2.24) is 10.2 Å². The Morgan fingerprint density at radius 2 is 1.87 bits per heavy atom. The molecule has 1 aromatic carbocycles. The van der Waals surface area contributed by atoms with Gasteiger partial charge in [0, 0.05) is 24.3 Å². The summed E-state index contributed by atoms with van der Waals surface area (Å²) in [5.41, 5.74) is 1.27. The summed E-state index contributed by atoms with van der Waals surface area (Å²) < 4.78 is 0. The Morgan fingerprint density at radius 1 is 1.22 bits per heavy atom. The molecule has 122 valence electrons. The number of nitrogens with zero attached hydrogens (tertiary/aromatic N) is 1. The van der Waals surface area contributed by atoms with Crippen molar-refractivity contribution in [2.45, 2.75) is 18.9 Å². The van der Waals surface area contributed by atoms with Crippen LogP contribution in [0.3, 0.4) is 0 Å². The zero-order chi connectivity index (χ0) is 16.7. The van der Waals surface area contributed by atoms with Crippen LogP contribution in [0.25, 0.3) is 0 Å². The standard InChI is InChI=1S/C18H23N3O2/c1-3-12-21(13-4-2)18(23)14-7-9-15(10-8-14)20-17(22)16-6-5-11-19-16/h3-4,7-10,16,19H,1-2,5-6,11-13H2,(H,20,22). The predicted molar refractivity (Wildman–Crippen MR) is 92.4 cm³/mol. The van der Waals surface area contributed by atoms with E-state index in [1.807, 2.05) is 0 Å². The molecule has 1 heterocycles. The van der Waals surface area contributed by atoms with Crippen molar-refractivity contribution in [3.8, 4) is 0 Å². The number of hydrogen-bond acceptors (Lipinski definition) is 3. The van der Waals surface area contributed by atoms with Gasteiger partial charge in [-0.2, -0.15) is 0 Å². The van der Waals surface area contributed by atoms with Crippen molar-refractivity contribution in [2.24, 2.45) is 0 Å². The minimum Gasteiger partial charge on any atom is -0.331 e. The fourth-order valence-electron chi connectivity index (χ4n) is 2.57. The zero-order valence-electron chi connectivity index (χ0n) is 13.3. The molecule has 0 aliphatic carbocycles. The molecule has 1 unspecified atom stereocenters. The topological polar surface area (TPSA) is 61.4 Å². The van der Waals surface area contributed by atoms with E-state index in [1.54, 1.807) is 41.3 Å². The highest BCUT2D eigenvalue weighted by Crippen LogP contribution is 2.14. The number of hydrogen-bond donors (Lipinski definition) is 2. The first-order valence-corrected chi connectivity index (χ1v) is 7.81. The van der Waals surface area contributed by atoms with Crippen LogP contribution < -0.4 is 10.6 Å². The molecule has 2 N–H and O–H groups in total. The summed E-state index contributed by atoms with van der Waals surface area (Å²) in [6.45, 7) is 9.14. The molecule has 5 nitrogen and oxygen atoms in total. The van der Waals surface area contributed by atoms with Crippen LogP contribution in [0.15, 0.2) is 49.6 Å². The lowest BCUT2D eigenvalue weighted by atomic mass is 10.1. The highest BCUT2D eigenvalue weighted by Gasteiger charge is 2.22. The molecule has 1 fully saturated rings. The minimum atomic E-state index is -0.119. The summed E-state index contributed by atoms with van der Waals surface area (Å²) in [7, 11) is 0. The van der Waals surface area contributed by atoms with Gasteiger partial charge in [-0.15, -0.1) is 13.2 Å². The molecule has 0 spiro atoms. The second kappa shape index (κ2) is 8.29. The first-order chi connectivity index (χ1) is 11.2. The van der Waals surface area contributed by atoms with Crippen LogP contribution in [0.4, 0.5) is 5.69 Å². The molecule has 0 radical (unpaired) electrons. The number of benzene rings is 1. The normalized spacial score (nSPS) is 16.6.